The van der Waals surface area contributed by atoms with Crippen LogP contribution >= 0.6 is 11.8 Å². The van der Waals surface area contributed by atoms with Crippen molar-refractivity contribution in [2.24, 2.45) is 0 Å². The Morgan fingerprint density at radius 2 is 2.00 bits per heavy atom. The molecule has 110 valence electrons. The minimum Gasteiger partial charge on any atom is -0.347 e. The van der Waals surface area contributed by atoms with Crippen molar-refractivity contribution in [1.29, 1.82) is 0 Å². The molecule has 1 saturated heterocycles. The van der Waals surface area contributed by atoms with Gasteiger partial charge in [-0.2, -0.15) is 13.2 Å². The van der Waals surface area contributed by atoms with Crippen molar-refractivity contribution >= 4 is 17.7 Å². The van der Waals surface area contributed by atoms with E-state index in [-0.39, 0.29) is 11.3 Å². The molecule has 1 aromatic carbocycles. The van der Waals surface area contributed by atoms with Crippen LogP contribution in [0.2, 0.25) is 0 Å². The molecule has 1 amide bonds. The number of nitrogens with two attached hydrogens (primary N) is 1. The van der Waals surface area contributed by atoms with E-state index < -0.39 is 11.7 Å². The van der Waals surface area contributed by atoms with Crippen LogP contribution in [0.25, 0.3) is 0 Å². The number of hydrogen-bond acceptors (Lipinski definition) is 2. The monoisotopic (exact) mass is 305 g/mol. The molecule has 7 heteroatoms. The summed E-state index contributed by atoms with van der Waals surface area (Å²) in [6.45, 7) is 1.39. The van der Waals surface area contributed by atoms with Crippen LogP contribution < -0.4 is 5.32 Å². The zero-order valence-corrected chi connectivity index (χ0v) is 11.8. The summed E-state index contributed by atoms with van der Waals surface area (Å²) >= 11 is 1.46. The number of benzene rings is 1. The van der Waals surface area contributed by atoms with Gasteiger partial charge in [-0.25, -0.2) is 0 Å². The predicted octanol–water partition coefficient (Wildman–Crippen LogP) is 1.47. The Labute approximate surface area is 119 Å². The van der Waals surface area contributed by atoms with Crippen LogP contribution in [0, 0.1) is 0 Å². The van der Waals surface area contributed by atoms with E-state index in [1.54, 1.807) is 4.90 Å². The highest BCUT2D eigenvalue weighted by Gasteiger charge is 2.34. The summed E-state index contributed by atoms with van der Waals surface area (Å²) in [4.78, 5) is 13.5. The molecule has 0 aromatic heterocycles. The van der Waals surface area contributed by atoms with E-state index >= 15 is 0 Å². The molecule has 20 heavy (non-hydrogen) atoms. The van der Waals surface area contributed by atoms with E-state index in [9.17, 15) is 18.0 Å². The number of halogens is 3. The summed E-state index contributed by atoms with van der Waals surface area (Å²) in [5, 5.41) is 1.80. The largest absolute Gasteiger partial charge is 0.416 e. The Morgan fingerprint density at radius 1 is 1.35 bits per heavy atom. The van der Waals surface area contributed by atoms with E-state index in [2.05, 4.69) is 0 Å². The first-order chi connectivity index (χ1) is 9.43. The highest BCUT2D eigenvalue weighted by atomic mass is 32.2. The number of hydrogen-bond donors (Lipinski definition) is 1. The van der Waals surface area contributed by atoms with Gasteiger partial charge in [-0.05, 0) is 17.7 Å². The van der Waals surface area contributed by atoms with Gasteiger partial charge in [-0.15, -0.1) is 11.8 Å². The summed E-state index contributed by atoms with van der Waals surface area (Å²) < 4.78 is 37.6. The van der Waals surface area contributed by atoms with Crippen molar-refractivity contribution in [3.05, 3.63) is 35.4 Å². The second-order valence-electron chi connectivity index (χ2n) is 4.57. The molecular weight excluding hydrogens is 289 g/mol. The minimum absolute atomic E-state index is 0.0433. The van der Waals surface area contributed by atoms with Crippen LogP contribution in [-0.4, -0.2) is 36.7 Å². The standard InChI is InChI=1S/C13H15F3N2OS/c1-17-6-7-18-11(19)8-20-12(18)9-2-4-10(5-3-9)13(14,15)16/h2-5,12,17H,6-8H2,1H3/p+1/t12-/m1/s1. The summed E-state index contributed by atoms with van der Waals surface area (Å²) in [5.41, 5.74) is 0.0777. The lowest BCUT2D eigenvalue weighted by Gasteiger charge is -2.23. The molecule has 0 bridgehead atoms. The molecule has 1 atom stereocenters. The van der Waals surface area contributed by atoms with E-state index in [1.165, 1.54) is 23.9 Å². The van der Waals surface area contributed by atoms with Crippen LogP contribution in [0.3, 0.4) is 0 Å². The molecule has 0 radical (unpaired) electrons. The number of carbonyl (C=O) groups excluding carboxylic acids is 1. The molecule has 1 aromatic rings. The quantitative estimate of drug-likeness (QED) is 0.915. The van der Waals surface area contributed by atoms with Crippen molar-refractivity contribution in [2.75, 3.05) is 25.9 Å². The molecule has 1 aliphatic heterocycles. The van der Waals surface area contributed by atoms with Gasteiger partial charge in [0.15, 0.2) is 0 Å². The predicted molar refractivity (Wildman–Crippen MR) is 71.1 cm³/mol. The number of carbonyl (C=O) groups is 1. The SMILES string of the molecule is C[NH2+]CCN1C(=O)CS[C@@H]1c1ccc(C(F)(F)F)cc1. The Balaban J connectivity index is 2.16. The number of likely N-dealkylation sites (N-methyl/N-ethyl adjacent to an activating group) is 1. The molecule has 1 heterocycles. The highest BCUT2D eigenvalue weighted by molar-refractivity contribution is 8.00. The minimum atomic E-state index is -4.33. The van der Waals surface area contributed by atoms with Gasteiger partial charge in [0.1, 0.15) is 5.37 Å². The number of nitrogens with zero attached hydrogens (tertiary/aromatic N) is 1. The second kappa shape index (κ2) is 6.05. The highest BCUT2D eigenvalue weighted by Crippen LogP contribution is 2.39. The summed E-state index contributed by atoms with van der Waals surface area (Å²) in [7, 11) is 1.92. The van der Waals surface area contributed by atoms with Crippen molar-refractivity contribution in [3.8, 4) is 0 Å². The smallest absolute Gasteiger partial charge is 0.347 e. The fraction of sp³-hybridized carbons (Fsp3) is 0.462. The van der Waals surface area contributed by atoms with E-state index in [0.717, 1.165) is 24.2 Å². The maximum absolute atomic E-state index is 12.5. The number of rotatable bonds is 4. The van der Waals surface area contributed by atoms with Crippen molar-refractivity contribution < 1.29 is 23.3 Å². The first-order valence-corrected chi connectivity index (χ1v) is 7.34. The van der Waals surface area contributed by atoms with Gasteiger partial charge in [0.25, 0.3) is 0 Å². The average Bonchev–Trinajstić information content (AvgIpc) is 2.77. The van der Waals surface area contributed by atoms with Gasteiger partial charge in [0, 0.05) is 0 Å². The van der Waals surface area contributed by atoms with Crippen molar-refractivity contribution in [1.82, 2.24) is 4.90 Å². The van der Waals surface area contributed by atoms with Crippen LogP contribution in [0.5, 0.6) is 0 Å². The topological polar surface area (TPSA) is 36.9 Å². The lowest BCUT2D eigenvalue weighted by molar-refractivity contribution is -0.626. The molecule has 2 rings (SSSR count). The molecule has 2 N–H and O–H groups in total. The van der Waals surface area contributed by atoms with E-state index in [4.69, 9.17) is 0 Å². The Kier molecular flexibility index (Phi) is 4.59. The summed E-state index contributed by atoms with van der Waals surface area (Å²) in [6, 6.07) is 5.06. The zero-order chi connectivity index (χ0) is 14.8. The lowest BCUT2D eigenvalue weighted by Crippen LogP contribution is -2.81. The molecule has 3 nitrogen and oxygen atoms in total. The van der Waals surface area contributed by atoms with Crippen LogP contribution in [0.4, 0.5) is 13.2 Å². The third-order valence-electron chi connectivity index (χ3n) is 3.15. The number of quaternary nitrogens is 1. The third-order valence-corrected chi connectivity index (χ3v) is 4.41. The Bertz CT molecular complexity index is 475. The van der Waals surface area contributed by atoms with Gasteiger partial charge in [0.05, 0.1) is 31.5 Å². The normalized spacial score (nSPS) is 19.7. The van der Waals surface area contributed by atoms with Gasteiger partial charge in [-0.3, -0.25) is 4.79 Å². The maximum Gasteiger partial charge on any atom is 0.416 e. The zero-order valence-electron chi connectivity index (χ0n) is 11.0. The molecular formula is C13H16F3N2OS+. The first kappa shape index (κ1) is 15.2. The first-order valence-electron chi connectivity index (χ1n) is 6.29. The molecule has 0 saturated carbocycles. The second-order valence-corrected chi connectivity index (χ2v) is 5.64. The molecule has 0 spiro atoms. The van der Waals surface area contributed by atoms with Gasteiger partial charge < -0.3 is 10.2 Å². The van der Waals surface area contributed by atoms with Crippen LogP contribution in [-0.2, 0) is 11.0 Å². The summed E-state index contributed by atoms with van der Waals surface area (Å²) in [6.07, 6.45) is -4.33. The fourth-order valence-corrected chi connectivity index (χ4v) is 3.30. The number of amides is 1. The molecule has 0 unspecified atom stereocenters. The van der Waals surface area contributed by atoms with Crippen molar-refractivity contribution in [2.45, 2.75) is 11.6 Å². The van der Waals surface area contributed by atoms with E-state index in [1.807, 2.05) is 12.4 Å². The molecule has 1 fully saturated rings. The maximum atomic E-state index is 12.5. The Morgan fingerprint density at radius 3 is 2.55 bits per heavy atom. The number of alkyl halides is 3. The molecule has 1 aliphatic rings. The van der Waals surface area contributed by atoms with Crippen molar-refractivity contribution in [3.63, 3.8) is 0 Å². The van der Waals surface area contributed by atoms with Crippen LogP contribution in [0.1, 0.15) is 16.5 Å². The average molecular weight is 305 g/mol. The van der Waals surface area contributed by atoms with Gasteiger partial charge in [0.2, 0.25) is 5.91 Å². The lowest BCUT2D eigenvalue weighted by atomic mass is 10.1. The van der Waals surface area contributed by atoms with Gasteiger partial charge >= 0.3 is 6.18 Å². The number of thioether (sulfide) groups is 1. The summed E-state index contributed by atoms with van der Waals surface area (Å²) in [5.74, 6) is 0.428. The van der Waals surface area contributed by atoms with Crippen LogP contribution in [0.15, 0.2) is 24.3 Å². The van der Waals surface area contributed by atoms with Gasteiger partial charge in [-0.1, -0.05) is 12.1 Å². The third kappa shape index (κ3) is 3.27. The Hall–Kier alpha value is -1.21. The van der Waals surface area contributed by atoms with E-state index in [0.29, 0.717) is 12.3 Å². The fourth-order valence-electron chi connectivity index (χ4n) is 2.08. The molecule has 0 aliphatic carbocycles.